The topological polar surface area (TPSA) is 58.4 Å². The first-order chi connectivity index (χ1) is 9.93. The molecule has 0 N–H and O–H groups in total. The Morgan fingerprint density at radius 1 is 1.29 bits per heavy atom. The molecule has 0 radical (unpaired) electrons. The number of aryl methyl sites for hydroxylation is 1. The van der Waals surface area contributed by atoms with Crippen molar-refractivity contribution in [3.05, 3.63) is 11.9 Å². The van der Waals surface area contributed by atoms with Gasteiger partial charge < -0.3 is 4.90 Å². The van der Waals surface area contributed by atoms with Crippen LogP contribution < -0.4 is 0 Å². The molecule has 3 fully saturated rings. The summed E-state index contributed by atoms with van der Waals surface area (Å²) in [4.78, 5) is 2.64. The van der Waals surface area contributed by atoms with Crippen molar-refractivity contribution in [2.24, 2.45) is 5.92 Å². The van der Waals surface area contributed by atoms with Crippen LogP contribution in [0.4, 0.5) is 0 Å². The third kappa shape index (κ3) is 2.51. The number of piperidine rings is 1. The highest BCUT2D eigenvalue weighted by atomic mass is 32.2. The molecule has 4 rings (SSSR count). The lowest BCUT2D eigenvalue weighted by Gasteiger charge is -2.34. The maximum Gasteiger partial charge on any atom is 0.246 e. The van der Waals surface area contributed by atoms with Gasteiger partial charge >= 0.3 is 0 Å². The number of rotatable bonds is 3. The van der Waals surface area contributed by atoms with Gasteiger partial charge in [0.2, 0.25) is 10.0 Å². The monoisotopic (exact) mass is 312 g/mol. The van der Waals surface area contributed by atoms with Gasteiger partial charge in [0.05, 0.1) is 11.9 Å². The molecule has 21 heavy (non-hydrogen) atoms. The summed E-state index contributed by atoms with van der Waals surface area (Å²) in [6, 6.07) is 0.100. The Bertz CT molecular complexity index is 625. The van der Waals surface area contributed by atoms with Gasteiger partial charge in [0.1, 0.15) is 4.90 Å². The number of aromatic nitrogens is 2. The lowest BCUT2D eigenvalue weighted by Crippen LogP contribution is -2.47. The van der Waals surface area contributed by atoms with Crippen LogP contribution in [0.1, 0.15) is 25.5 Å². The molecular formula is C14H24N4O2S. The minimum Gasteiger partial charge on any atom is -0.304 e. The first kappa shape index (κ1) is 15.0. The minimum atomic E-state index is -3.44. The zero-order valence-electron chi connectivity index (χ0n) is 13.0. The van der Waals surface area contributed by atoms with Crippen LogP contribution >= 0.6 is 0 Å². The minimum absolute atomic E-state index is 0.100. The summed E-state index contributed by atoms with van der Waals surface area (Å²) in [7, 11) is -1.35. The maximum absolute atomic E-state index is 13.0. The molecule has 6 nitrogen and oxygen atoms in total. The largest absolute Gasteiger partial charge is 0.304 e. The summed E-state index contributed by atoms with van der Waals surface area (Å²) in [5, 5.41) is 4.20. The van der Waals surface area contributed by atoms with Gasteiger partial charge in [0, 0.05) is 32.2 Å². The number of fused-ring (bicyclic) bond motifs is 4. The summed E-state index contributed by atoms with van der Waals surface area (Å²) in [6.07, 6.45) is 3.61. The van der Waals surface area contributed by atoms with Crippen LogP contribution in [0.5, 0.6) is 0 Å². The quantitative estimate of drug-likeness (QED) is 0.833. The lowest BCUT2D eigenvalue weighted by molar-refractivity contribution is 0.229. The molecule has 0 unspecified atom stereocenters. The Labute approximate surface area is 126 Å². The van der Waals surface area contributed by atoms with E-state index in [2.05, 4.69) is 17.0 Å². The van der Waals surface area contributed by atoms with Gasteiger partial charge in [-0.3, -0.25) is 4.68 Å². The second kappa shape index (κ2) is 5.37. The highest BCUT2D eigenvalue weighted by Crippen LogP contribution is 2.32. The molecule has 4 heterocycles. The molecule has 0 aliphatic carbocycles. The van der Waals surface area contributed by atoms with Gasteiger partial charge in [-0.2, -0.15) is 9.40 Å². The van der Waals surface area contributed by atoms with Gasteiger partial charge in [-0.05, 0) is 39.7 Å². The van der Waals surface area contributed by atoms with E-state index >= 15 is 0 Å². The Morgan fingerprint density at radius 3 is 2.71 bits per heavy atom. The Hall–Kier alpha value is -0.920. The molecule has 3 saturated heterocycles. The van der Waals surface area contributed by atoms with Crippen molar-refractivity contribution >= 4 is 10.0 Å². The highest BCUT2D eigenvalue weighted by molar-refractivity contribution is 7.89. The molecule has 0 aromatic carbocycles. The summed E-state index contributed by atoms with van der Waals surface area (Å²) < 4.78 is 29.6. The first-order valence-corrected chi connectivity index (χ1v) is 9.10. The second-order valence-corrected chi connectivity index (χ2v) is 8.16. The first-order valence-electron chi connectivity index (χ1n) is 7.66. The molecule has 2 bridgehead atoms. The van der Waals surface area contributed by atoms with Crippen molar-refractivity contribution in [3.63, 3.8) is 0 Å². The standard InChI is InChI=1S/C14H24N4O2S/c1-4-17-11(2)14(7-15-17)21(19,20)18-9-12-5-6-13(18)10-16(3)8-12/h7,12-13H,4-6,8-10H2,1-3H3/t12-,13+/m0/s1. The number of sulfonamides is 1. The Kier molecular flexibility index (Phi) is 3.83. The van der Waals surface area contributed by atoms with Crippen molar-refractivity contribution in [1.29, 1.82) is 0 Å². The lowest BCUT2D eigenvalue weighted by atomic mass is 9.97. The third-order valence-electron chi connectivity index (χ3n) is 4.79. The van der Waals surface area contributed by atoms with Crippen LogP contribution in [-0.4, -0.2) is 60.1 Å². The molecule has 0 amide bonds. The fourth-order valence-corrected chi connectivity index (χ4v) is 5.58. The van der Waals surface area contributed by atoms with Gasteiger partial charge in [0.15, 0.2) is 0 Å². The van der Waals surface area contributed by atoms with E-state index in [0.717, 1.165) is 31.6 Å². The zero-order valence-corrected chi connectivity index (χ0v) is 13.8. The second-order valence-electron chi connectivity index (χ2n) is 6.30. The predicted octanol–water partition coefficient (Wildman–Crippen LogP) is 0.926. The van der Waals surface area contributed by atoms with E-state index in [4.69, 9.17) is 0 Å². The normalized spacial score (nSPS) is 28.0. The molecule has 0 saturated carbocycles. The Balaban J connectivity index is 1.96. The predicted molar refractivity (Wildman–Crippen MR) is 80.5 cm³/mol. The average molecular weight is 312 g/mol. The van der Waals surface area contributed by atoms with E-state index in [9.17, 15) is 8.42 Å². The van der Waals surface area contributed by atoms with Crippen LogP contribution in [0.25, 0.3) is 0 Å². The molecule has 1 aromatic rings. The molecule has 0 spiro atoms. The smallest absolute Gasteiger partial charge is 0.246 e. The van der Waals surface area contributed by atoms with Crippen molar-refractivity contribution in [3.8, 4) is 0 Å². The van der Waals surface area contributed by atoms with Crippen LogP contribution in [0.2, 0.25) is 0 Å². The van der Waals surface area contributed by atoms with Crippen molar-refractivity contribution in [2.75, 3.05) is 26.7 Å². The Morgan fingerprint density at radius 2 is 2.05 bits per heavy atom. The molecule has 2 atom stereocenters. The van der Waals surface area contributed by atoms with Gasteiger partial charge in [0.25, 0.3) is 0 Å². The summed E-state index contributed by atoms with van der Waals surface area (Å²) in [6.45, 7) is 6.97. The third-order valence-corrected chi connectivity index (χ3v) is 6.81. The van der Waals surface area contributed by atoms with E-state index in [1.54, 1.807) is 8.99 Å². The van der Waals surface area contributed by atoms with Gasteiger partial charge in [-0.15, -0.1) is 0 Å². The molecule has 118 valence electrons. The molecular weight excluding hydrogens is 288 g/mol. The van der Waals surface area contributed by atoms with E-state index in [1.165, 1.54) is 6.20 Å². The summed E-state index contributed by atoms with van der Waals surface area (Å²) >= 11 is 0. The van der Waals surface area contributed by atoms with Crippen LogP contribution in [0.3, 0.4) is 0 Å². The van der Waals surface area contributed by atoms with E-state index in [1.807, 2.05) is 13.8 Å². The summed E-state index contributed by atoms with van der Waals surface area (Å²) in [5.41, 5.74) is 0.742. The van der Waals surface area contributed by atoms with Gasteiger partial charge in [-0.25, -0.2) is 8.42 Å². The SMILES string of the molecule is CCn1ncc(S(=O)(=O)N2C[C@H]3CC[C@@H]2CN(C)C3)c1C. The van der Waals surface area contributed by atoms with Crippen molar-refractivity contribution < 1.29 is 8.42 Å². The van der Waals surface area contributed by atoms with Crippen LogP contribution in [0, 0.1) is 12.8 Å². The molecule has 3 aliphatic rings. The fraction of sp³-hybridized carbons (Fsp3) is 0.786. The van der Waals surface area contributed by atoms with E-state index in [0.29, 0.717) is 23.9 Å². The average Bonchev–Trinajstić information content (AvgIpc) is 2.62. The van der Waals surface area contributed by atoms with Crippen molar-refractivity contribution in [2.45, 2.75) is 44.2 Å². The van der Waals surface area contributed by atoms with E-state index in [-0.39, 0.29) is 6.04 Å². The number of hydrogen-bond acceptors (Lipinski definition) is 4. The number of likely N-dealkylation sites (N-methyl/N-ethyl adjacent to an activating group) is 1. The maximum atomic E-state index is 13.0. The number of hydrogen-bond donors (Lipinski definition) is 0. The highest BCUT2D eigenvalue weighted by Gasteiger charge is 2.41. The number of nitrogens with zero attached hydrogens (tertiary/aromatic N) is 4. The van der Waals surface area contributed by atoms with Crippen LogP contribution in [0.15, 0.2) is 11.1 Å². The van der Waals surface area contributed by atoms with Crippen LogP contribution in [-0.2, 0) is 16.6 Å². The molecule has 1 aromatic heterocycles. The molecule has 3 aliphatic heterocycles. The molecule has 7 heteroatoms. The van der Waals surface area contributed by atoms with Gasteiger partial charge in [-0.1, -0.05) is 0 Å². The zero-order chi connectivity index (χ0) is 15.2. The fourth-order valence-electron chi connectivity index (χ4n) is 3.70. The van der Waals surface area contributed by atoms with E-state index < -0.39 is 10.0 Å². The van der Waals surface area contributed by atoms with Crippen molar-refractivity contribution in [1.82, 2.24) is 19.0 Å². The summed E-state index contributed by atoms with van der Waals surface area (Å²) in [5.74, 6) is 0.449.